The molecule has 82 valence electrons. The Bertz CT molecular complexity index is 485. The first-order valence-corrected chi connectivity index (χ1v) is 4.55. The second kappa shape index (κ2) is 4.52. The zero-order valence-electron chi connectivity index (χ0n) is 8.18. The Kier molecular flexibility index (Phi) is 2.90. The topological polar surface area (TPSA) is 68.0 Å². The lowest BCUT2D eigenvalue weighted by Crippen LogP contribution is -2.23. The van der Waals surface area contributed by atoms with E-state index in [9.17, 15) is 9.18 Å². The average Bonchev–Trinajstić information content (AvgIpc) is 2.78. The van der Waals surface area contributed by atoms with Gasteiger partial charge in [-0.1, -0.05) is 5.16 Å². The maximum Gasteiger partial charge on any atom is 0.251 e. The summed E-state index contributed by atoms with van der Waals surface area (Å²) in [7, 11) is 0. The molecule has 0 radical (unpaired) electrons. The molecule has 0 atom stereocenters. The van der Waals surface area contributed by atoms with E-state index in [1.807, 2.05) is 0 Å². The van der Waals surface area contributed by atoms with Crippen LogP contribution in [-0.4, -0.2) is 16.0 Å². The Labute approximate surface area is 90.3 Å². The molecule has 16 heavy (non-hydrogen) atoms. The Hall–Kier alpha value is -2.24. The second-order valence-electron chi connectivity index (χ2n) is 3.04. The van der Waals surface area contributed by atoms with Crippen molar-refractivity contribution in [2.24, 2.45) is 0 Å². The largest absolute Gasteiger partial charge is 0.364 e. The predicted octanol–water partition coefficient (Wildman–Crippen LogP) is 1.14. The van der Waals surface area contributed by atoms with E-state index in [1.165, 1.54) is 18.5 Å². The van der Waals surface area contributed by atoms with Crippen molar-refractivity contribution in [1.29, 1.82) is 0 Å². The van der Waals surface area contributed by atoms with Crippen LogP contribution in [0.15, 0.2) is 35.2 Å². The van der Waals surface area contributed by atoms with Gasteiger partial charge >= 0.3 is 0 Å². The molecule has 2 aromatic rings. The molecule has 0 saturated heterocycles. The first-order chi connectivity index (χ1) is 7.75. The van der Waals surface area contributed by atoms with E-state index < -0.39 is 5.95 Å². The number of halogens is 1. The van der Waals surface area contributed by atoms with Crippen LogP contribution in [0.25, 0.3) is 0 Å². The molecule has 0 saturated carbocycles. The lowest BCUT2D eigenvalue weighted by Gasteiger charge is -2.02. The SMILES string of the molecule is O=C(NCc1ccon1)c1ccnc(F)c1. The van der Waals surface area contributed by atoms with Gasteiger partial charge in [0.25, 0.3) is 5.91 Å². The number of hydrogen-bond donors (Lipinski definition) is 1. The number of hydrogen-bond acceptors (Lipinski definition) is 4. The Morgan fingerprint density at radius 1 is 1.50 bits per heavy atom. The minimum atomic E-state index is -0.686. The summed E-state index contributed by atoms with van der Waals surface area (Å²) >= 11 is 0. The quantitative estimate of drug-likeness (QED) is 0.789. The molecule has 6 heteroatoms. The molecule has 0 unspecified atom stereocenters. The lowest BCUT2D eigenvalue weighted by atomic mass is 10.2. The molecule has 1 amide bonds. The number of nitrogens with one attached hydrogen (secondary N) is 1. The summed E-state index contributed by atoms with van der Waals surface area (Å²) in [6.07, 6.45) is 2.65. The molecular formula is C10H8FN3O2. The van der Waals surface area contributed by atoms with Crippen molar-refractivity contribution < 1.29 is 13.7 Å². The minimum Gasteiger partial charge on any atom is -0.364 e. The van der Waals surface area contributed by atoms with Crippen molar-refractivity contribution in [3.05, 3.63) is 47.9 Å². The van der Waals surface area contributed by atoms with Crippen molar-refractivity contribution in [3.8, 4) is 0 Å². The summed E-state index contributed by atoms with van der Waals surface area (Å²) in [6.45, 7) is 0.235. The van der Waals surface area contributed by atoms with E-state index in [-0.39, 0.29) is 18.0 Å². The van der Waals surface area contributed by atoms with Crippen LogP contribution >= 0.6 is 0 Å². The third-order valence-corrected chi connectivity index (χ3v) is 1.91. The fourth-order valence-corrected chi connectivity index (χ4v) is 1.15. The summed E-state index contributed by atoms with van der Waals surface area (Å²) in [6, 6.07) is 4.13. The Morgan fingerprint density at radius 2 is 2.38 bits per heavy atom. The molecule has 2 rings (SSSR count). The summed E-state index contributed by atoms with van der Waals surface area (Å²) in [4.78, 5) is 14.9. The molecule has 0 aromatic carbocycles. The molecule has 2 aromatic heterocycles. The minimum absolute atomic E-state index is 0.219. The summed E-state index contributed by atoms with van der Waals surface area (Å²) in [5, 5.41) is 6.20. The van der Waals surface area contributed by atoms with Crippen LogP contribution in [0, 0.1) is 5.95 Å². The van der Waals surface area contributed by atoms with Crippen LogP contribution in [0.1, 0.15) is 16.1 Å². The number of rotatable bonds is 3. The average molecular weight is 221 g/mol. The number of amides is 1. The van der Waals surface area contributed by atoms with E-state index in [2.05, 4.69) is 20.0 Å². The zero-order chi connectivity index (χ0) is 11.4. The maximum absolute atomic E-state index is 12.7. The molecule has 1 N–H and O–H groups in total. The van der Waals surface area contributed by atoms with Crippen molar-refractivity contribution in [3.63, 3.8) is 0 Å². The third kappa shape index (κ3) is 2.41. The third-order valence-electron chi connectivity index (χ3n) is 1.91. The van der Waals surface area contributed by atoms with Gasteiger partial charge in [-0.3, -0.25) is 4.79 Å². The van der Waals surface area contributed by atoms with Gasteiger partial charge in [-0.2, -0.15) is 4.39 Å². The van der Waals surface area contributed by atoms with Gasteiger partial charge in [-0.05, 0) is 6.07 Å². The van der Waals surface area contributed by atoms with Crippen LogP contribution in [0.2, 0.25) is 0 Å². The van der Waals surface area contributed by atoms with E-state index in [0.29, 0.717) is 5.69 Å². The highest BCUT2D eigenvalue weighted by molar-refractivity contribution is 5.93. The highest BCUT2D eigenvalue weighted by Crippen LogP contribution is 2.01. The number of aromatic nitrogens is 2. The van der Waals surface area contributed by atoms with Crippen LogP contribution in [-0.2, 0) is 6.54 Å². The van der Waals surface area contributed by atoms with Gasteiger partial charge in [0.1, 0.15) is 12.0 Å². The molecule has 0 bridgehead atoms. The van der Waals surface area contributed by atoms with Crippen LogP contribution in [0.4, 0.5) is 4.39 Å². The van der Waals surface area contributed by atoms with E-state index in [4.69, 9.17) is 0 Å². The van der Waals surface area contributed by atoms with Gasteiger partial charge in [0.2, 0.25) is 5.95 Å². The fraction of sp³-hybridized carbons (Fsp3) is 0.100. The molecule has 5 nitrogen and oxygen atoms in total. The molecule has 0 spiro atoms. The number of carbonyl (C=O) groups excluding carboxylic acids is 1. The van der Waals surface area contributed by atoms with Crippen molar-refractivity contribution >= 4 is 5.91 Å². The summed E-state index contributed by atoms with van der Waals surface area (Å²) in [5.74, 6) is -1.07. The summed E-state index contributed by atoms with van der Waals surface area (Å²) in [5.41, 5.74) is 0.818. The first kappa shape index (κ1) is 10.3. The Morgan fingerprint density at radius 3 is 3.06 bits per heavy atom. The highest BCUT2D eigenvalue weighted by atomic mass is 19.1. The van der Waals surface area contributed by atoms with Crippen molar-refractivity contribution in [1.82, 2.24) is 15.5 Å². The molecular weight excluding hydrogens is 213 g/mol. The fourth-order valence-electron chi connectivity index (χ4n) is 1.15. The van der Waals surface area contributed by atoms with Crippen LogP contribution in [0.3, 0.4) is 0 Å². The Balaban J connectivity index is 1.98. The van der Waals surface area contributed by atoms with Gasteiger partial charge in [0.05, 0.1) is 6.54 Å². The molecule has 2 heterocycles. The van der Waals surface area contributed by atoms with Crippen molar-refractivity contribution in [2.75, 3.05) is 0 Å². The summed E-state index contributed by atoms with van der Waals surface area (Å²) < 4.78 is 17.3. The van der Waals surface area contributed by atoms with Gasteiger partial charge in [0.15, 0.2) is 0 Å². The smallest absolute Gasteiger partial charge is 0.251 e. The monoisotopic (exact) mass is 221 g/mol. The van der Waals surface area contributed by atoms with Crippen molar-refractivity contribution in [2.45, 2.75) is 6.54 Å². The van der Waals surface area contributed by atoms with Gasteiger partial charge in [-0.25, -0.2) is 4.98 Å². The maximum atomic E-state index is 12.7. The number of nitrogens with zero attached hydrogens (tertiary/aromatic N) is 2. The second-order valence-corrected chi connectivity index (χ2v) is 3.04. The van der Waals surface area contributed by atoms with Crippen LogP contribution in [0.5, 0.6) is 0 Å². The van der Waals surface area contributed by atoms with E-state index in [0.717, 1.165) is 6.07 Å². The highest BCUT2D eigenvalue weighted by Gasteiger charge is 2.07. The zero-order valence-corrected chi connectivity index (χ0v) is 8.18. The van der Waals surface area contributed by atoms with Crippen LogP contribution < -0.4 is 5.32 Å². The molecule has 0 fully saturated rings. The van der Waals surface area contributed by atoms with Gasteiger partial charge < -0.3 is 9.84 Å². The van der Waals surface area contributed by atoms with E-state index in [1.54, 1.807) is 6.07 Å². The van der Waals surface area contributed by atoms with Gasteiger partial charge in [0, 0.05) is 23.9 Å². The molecule has 0 aliphatic carbocycles. The molecule has 0 aliphatic rings. The number of carbonyl (C=O) groups is 1. The van der Waals surface area contributed by atoms with E-state index >= 15 is 0 Å². The lowest BCUT2D eigenvalue weighted by molar-refractivity contribution is 0.0949. The number of pyridine rings is 1. The normalized spacial score (nSPS) is 10.1. The standard InChI is InChI=1S/C10H8FN3O2/c11-9-5-7(1-3-12-9)10(15)13-6-8-2-4-16-14-8/h1-5H,6H2,(H,13,15). The predicted molar refractivity (Wildman–Crippen MR) is 51.9 cm³/mol. The molecule has 0 aliphatic heterocycles. The first-order valence-electron chi connectivity index (χ1n) is 4.55. The van der Waals surface area contributed by atoms with Gasteiger partial charge in [-0.15, -0.1) is 0 Å².